The van der Waals surface area contributed by atoms with Crippen molar-refractivity contribution in [3.63, 3.8) is 0 Å². The molecule has 50 heavy (non-hydrogen) atoms. The first kappa shape index (κ1) is 42.7. The summed E-state index contributed by atoms with van der Waals surface area (Å²) in [5.41, 5.74) is 0. The van der Waals surface area contributed by atoms with Crippen LogP contribution in [0.3, 0.4) is 0 Å². The van der Waals surface area contributed by atoms with Gasteiger partial charge in [-0.1, -0.05) is 168 Å². The van der Waals surface area contributed by atoms with E-state index in [2.05, 4.69) is 91.0 Å². The Labute approximate surface area is 310 Å². The second-order valence-electron chi connectivity index (χ2n) is 14.1. The van der Waals surface area contributed by atoms with Crippen LogP contribution in [0.2, 0.25) is 23.2 Å². The molecule has 3 aromatic rings. The molecule has 3 rings (SSSR count). The van der Waals surface area contributed by atoms with E-state index < -0.39 is 25.7 Å². The van der Waals surface area contributed by atoms with Crippen molar-refractivity contribution < 1.29 is 26.6 Å². The van der Waals surface area contributed by atoms with Crippen LogP contribution in [0.15, 0.2) is 91.0 Å². The predicted molar refractivity (Wildman–Crippen MR) is 220 cm³/mol. The molecule has 0 amide bonds. The number of hydrogen-bond donors (Lipinski definition) is 0. The summed E-state index contributed by atoms with van der Waals surface area (Å²) in [6.45, 7) is 0. The Morgan fingerprint density at radius 3 is 0.840 bits per heavy atom. The van der Waals surface area contributed by atoms with Crippen molar-refractivity contribution in [2.24, 2.45) is 0 Å². The van der Waals surface area contributed by atoms with Crippen molar-refractivity contribution in [1.29, 1.82) is 0 Å². The fourth-order valence-corrected chi connectivity index (χ4v) is 17.0. The van der Waals surface area contributed by atoms with E-state index in [9.17, 15) is 0 Å². The Morgan fingerprint density at radius 1 is 0.380 bits per heavy atom. The summed E-state index contributed by atoms with van der Waals surface area (Å²) in [6.07, 6.45) is 14.8. The van der Waals surface area contributed by atoms with Gasteiger partial charge in [-0.05, 0) is 38.7 Å². The Bertz CT molecular complexity index is 1130. The first-order chi connectivity index (χ1) is 24.3. The standard InChI is InChI=1S/C40H66O6Si4/c1-41-48(42-2,37-25-13-7-14-26-37)34-22-10-19-31-40(47,32-20-11-23-35-49(43-3,44-4)38-27-15-8-16-28-38)33-21-12-24-36-50(45-5,46-6)39-29-17-9-18-30-39/h7-9,13-18,25-30H,10-12,19-24,31-36H2,1-6,47H3. The third-order valence-corrected chi connectivity index (χ3v) is 23.1. The van der Waals surface area contributed by atoms with Crippen molar-refractivity contribution in [3.8, 4) is 0 Å². The molecular formula is C40H66O6Si4. The van der Waals surface area contributed by atoms with E-state index in [1.807, 2.05) is 42.7 Å². The van der Waals surface area contributed by atoms with Gasteiger partial charge < -0.3 is 26.6 Å². The van der Waals surface area contributed by atoms with Gasteiger partial charge in [-0.15, -0.1) is 0 Å². The van der Waals surface area contributed by atoms with Crippen molar-refractivity contribution in [2.45, 2.75) is 100 Å². The number of benzene rings is 3. The van der Waals surface area contributed by atoms with E-state index >= 15 is 0 Å². The minimum Gasteiger partial charge on any atom is -0.394 e. The second-order valence-corrected chi connectivity index (χ2v) is 26.4. The quantitative estimate of drug-likeness (QED) is 0.0611. The molecule has 0 radical (unpaired) electrons. The lowest BCUT2D eigenvalue weighted by atomic mass is 9.88. The monoisotopic (exact) mass is 754 g/mol. The molecule has 6 nitrogen and oxygen atoms in total. The van der Waals surface area contributed by atoms with Gasteiger partial charge in [-0.25, -0.2) is 0 Å². The summed E-state index contributed by atoms with van der Waals surface area (Å²) in [4.78, 5) is 0. The number of rotatable bonds is 27. The molecule has 0 saturated carbocycles. The van der Waals surface area contributed by atoms with Crippen LogP contribution in [-0.4, -0.2) is 78.6 Å². The molecular weight excluding hydrogens is 689 g/mol. The Hall–Kier alpha value is -1.71. The molecule has 3 aromatic carbocycles. The van der Waals surface area contributed by atoms with Crippen LogP contribution >= 0.6 is 0 Å². The van der Waals surface area contributed by atoms with Gasteiger partial charge in [0.05, 0.1) is 0 Å². The molecule has 0 aliphatic rings. The van der Waals surface area contributed by atoms with Gasteiger partial charge in [-0.2, -0.15) is 0 Å². The molecule has 10 heteroatoms. The minimum absolute atomic E-state index is 0.462. The second kappa shape index (κ2) is 22.4. The molecule has 0 heterocycles. The number of hydrogen-bond acceptors (Lipinski definition) is 6. The molecule has 0 fully saturated rings. The molecule has 0 N–H and O–H groups in total. The summed E-state index contributed by atoms with van der Waals surface area (Å²) in [5, 5.41) is 4.14. The summed E-state index contributed by atoms with van der Waals surface area (Å²) in [5.74, 6) is 0. The molecule has 0 atom stereocenters. The highest BCUT2D eigenvalue weighted by molar-refractivity contribution is 6.82. The van der Waals surface area contributed by atoms with E-state index in [-0.39, 0.29) is 0 Å². The maximum atomic E-state index is 6.10. The van der Waals surface area contributed by atoms with E-state index in [1.54, 1.807) is 0 Å². The van der Waals surface area contributed by atoms with Crippen molar-refractivity contribution in [2.75, 3.05) is 42.7 Å². The maximum absolute atomic E-state index is 6.10. The molecule has 0 spiro atoms. The van der Waals surface area contributed by atoms with E-state index in [1.165, 1.54) is 83.6 Å². The van der Waals surface area contributed by atoms with Crippen LogP contribution in [0.25, 0.3) is 0 Å². The summed E-state index contributed by atoms with van der Waals surface area (Å²) < 4.78 is 36.6. The van der Waals surface area contributed by atoms with E-state index in [0.717, 1.165) is 37.4 Å². The van der Waals surface area contributed by atoms with Gasteiger partial charge in [0, 0.05) is 52.9 Å². The average Bonchev–Trinajstić information content (AvgIpc) is 3.18. The fourth-order valence-electron chi connectivity index (χ4n) is 7.71. The lowest BCUT2D eigenvalue weighted by molar-refractivity contribution is 0.255. The van der Waals surface area contributed by atoms with Gasteiger partial charge in [0.1, 0.15) is 0 Å². The smallest absolute Gasteiger partial charge is 0.371 e. The third-order valence-electron chi connectivity index (χ3n) is 11.0. The third kappa shape index (κ3) is 12.2. The zero-order valence-corrected chi connectivity index (χ0v) is 37.2. The Balaban J connectivity index is 1.56. The highest BCUT2D eigenvalue weighted by Crippen LogP contribution is 2.41. The average molecular weight is 755 g/mol. The first-order valence-corrected chi connectivity index (χ1v) is 25.8. The zero-order chi connectivity index (χ0) is 36.2. The fraction of sp³-hybridized carbons (Fsp3) is 0.550. The van der Waals surface area contributed by atoms with Crippen LogP contribution in [0.4, 0.5) is 0 Å². The Morgan fingerprint density at radius 2 is 0.620 bits per heavy atom. The van der Waals surface area contributed by atoms with E-state index in [4.69, 9.17) is 26.6 Å². The van der Waals surface area contributed by atoms with Crippen LogP contribution in [-0.2, 0) is 26.6 Å². The zero-order valence-electron chi connectivity index (χ0n) is 32.2. The summed E-state index contributed by atoms with van der Waals surface area (Å²) in [6, 6.07) is 34.7. The Kier molecular flexibility index (Phi) is 19.1. The maximum Gasteiger partial charge on any atom is 0.371 e. The summed E-state index contributed by atoms with van der Waals surface area (Å²) in [7, 11) is 4.97. The predicted octanol–water partition coefficient (Wildman–Crippen LogP) is 7.12. The lowest BCUT2D eigenvalue weighted by Crippen LogP contribution is -2.52. The minimum atomic E-state index is -2.39. The molecule has 0 aliphatic carbocycles. The van der Waals surface area contributed by atoms with Crippen LogP contribution in [0, 0.1) is 0 Å². The van der Waals surface area contributed by atoms with Gasteiger partial charge in [0.2, 0.25) is 0 Å². The van der Waals surface area contributed by atoms with Crippen LogP contribution < -0.4 is 15.6 Å². The normalized spacial score (nSPS) is 12.8. The van der Waals surface area contributed by atoms with Gasteiger partial charge in [0.15, 0.2) is 0 Å². The molecule has 0 unspecified atom stereocenters. The molecule has 0 aliphatic heterocycles. The van der Waals surface area contributed by atoms with Crippen molar-refractivity contribution in [1.82, 2.24) is 0 Å². The van der Waals surface area contributed by atoms with Crippen LogP contribution in [0.1, 0.15) is 77.0 Å². The molecule has 0 aromatic heterocycles. The van der Waals surface area contributed by atoms with E-state index in [0.29, 0.717) is 5.04 Å². The molecule has 278 valence electrons. The van der Waals surface area contributed by atoms with Gasteiger partial charge in [-0.3, -0.25) is 0 Å². The lowest BCUT2D eigenvalue weighted by Gasteiger charge is -2.32. The van der Waals surface area contributed by atoms with Crippen molar-refractivity contribution in [3.05, 3.63) is 91.0 Å². The van der Waals surface area contributed by atoms with Gasteiger partial charge in [0.25, 0.3) is 0 Å². The SMILES string of the molecule is CO[Si](CCCCCC([SiH3])(CCCCC[Si](OC)(OC)c1ccccc1)CCCCC[Si](OC)(OC)c1ccccc1)(OC)c1ccccc1. The summed E-state index contributed by atoms with van der Waals surface area (Å²) >= 11 is 0. The topological polar surface area (TPSA) is 55.4 Å². The highest BCUT2D eigenvalue weighted by atomic mass is 28.4. The first-order valence-electron chi connectivity index (χ1n) is 18.8. The molecule has 0 saturated heterocycles. The number of unbranched alkanes of at least 4 members (excludes halogenated alkanes) is 6. The molecule has 0 bridgehead atoms. The van der Waals surface area contributed by atoms with Crippen LogP contribution in [0.5, 0.6) is 0 Å². The largest absolute Gasteiger partial charge is 0.394 e. The van der Waals surface area contributed by atoms with Crippen molar-refractivity contribution >= 4 is 51.5 Å². The highest BCUT2D eigenvalue weighted by Gasteiger charge is 2.39. The van der Waals surface area contributed by atoms with Gasteiger partial charge >= 0.3 is 25.7 Å².